The lowest BCUT2D eigenvalue weighted by molar-refractivity contribution is 0.251. The largest absolute Gasteiger partial charge is 0.350 e. The van der Waals surface area contributed by atoms with Crippen molar-refractivity contribution < 1.29 is 4.79 Å². The van der Waals surface area contributed by atoms with Gasteiger partial charge in [0.2, 0.25) is 0 Å². The summed E-state index contributed by atoms with van der Waals surface area (Å²) < 4.78 is 4.78. The molecule has 0 aliphatic rings. The van der Waals surface area contributed by atoms with Gasteiger partial charge in [-0.1, -0.05) is 18.2 Å². The molecule has 28 heavy (non-hydrogen) atoms. The van der Waals surface area contributed by atoms with Crippen LogP contribution in [0, 0.1) is 0 Å². The van der Waals surface area contributed by atoms with E-state index in [2.05, 4.69) is 20.7 Å². The van der Waals surface area contributed by atoms with E-state index in [0.717, 1.165) is 5.56 Å². The van der Waals surface area contributed by atoms with Crippen molar-refractivity contribution in [1.82, 2.24) is 29.0 Å². The Labute approximate surface area is 160 Å². The second-order valence-corrected chi connectivity index (χ2v) is 6.25. The summed E-state index contributed by atoms with van der Waals surface area (Å²) in [7, 11) is 0. The molecular formula is C19H19N7O2. The number of pyridine rings is 1. The number of benzene rings is 1. The predicted molar refractivity (Wildman–Crippen MR) is 104 cm³/mol. The van der Waals surface area contributed by atoms with Crippen molar-refractivity contribution in [3.05, 3.63) is 83.4 Å². The summed E-state index contributed by atoms with van der Waals surface area (Å²) in [4.78, 5) is 28.4. The van der Waals surface area contributed by atoms with Crippen LogP contribution in [0.1, 0.15) is 5.56 Å². The third-order valence-electron chi connectivity index (χ3n) is 4.22. The number of hydrogen-bond donors (Lipinski definition) is 2. The van der Waals surface area contributed by atoms with Gasteiger partial charge < -0.3 is 15.2 Å². The van der Waals surface area contributed by atoms with Crippen molar-refractivity contribution in [1.29, 1.82) is 0 Å². The number of carbonyl (C=O) groups excluding carboxylic acids is 1. The van der Waals surface area contributed by atoms with Gasteiger partial charge in [0, 0.05) is 37.4 Å². The van der Waals surface area contributed by atoms with Crippen LogP contribution in [0.2, 0.25) is 0 Å². The highest BCUT2D eigenvalue weighted by Crippen LogP contribution is 2.11. The first kappa shape index (κ1) is 17.5. The Hall–Kier alpha value is -3.88. The quantitative estimate of drug-likeness (QED) is 0.533. The maximum absolute atomic E-state index is 12.4. The summed E-state index contributed by atoms with van der Waals surface area (Å²) in [6.07, 6.45) is 6.92. The molecule has 0 saturated carbocycles. The van der Waals surface area contributed by atoms with Crippen LogP contribution in [0.4, 0.5) is 10.5 Å². The summed E-state index contributed by atoms with van der Waals surface area (Å²) in [6, 6.07) is 12.5. The number of aromatic nitrogens is 5. The molecule has 2 N–H and O–H groups in total. The molecule has 0 bridgehead atoms. The van der Waals surface area contributed by atoms with Crippen LogP contribution >= 0.6 is 0 Å². The lowest BCUT2D eigenvalue weighted by Gasteiger charge is -2.09. The molecular weight excluding hydrogens is 358 g/mol. The smallest absolute Gasteiger partial charge is 0.336 e. The summed E-state index contributed by atoms with van der Waals surface area (Å²) in [5.74, 6) is 0. The number of imidazole rings is 1. The molecule has 4 rings (SSSR count). The standard InChI is InChI=1S/C19H19N7O2/c27-18(21-8-11-24-10-7-20-14-24)22-16-5-3-4-15(12-16)13-26-19(28)25-9-2-1-6-17(25)23-26/h1-7,9-10,12,14H,8,11,13H2,(H2,21,22,27). The van der Waals surface area contributed by atoms with Crippen molar-refractivity contribution in [3.8, 4) is 0 Å². The van der Waals surface area contributed by atoms with E-state index in [1.165, 1.54) is 9.08 Å². The van der Waals surface area contributed by atoms with Crippen LogP contribution in [0.25, 0.3) is 5.65 Å². The van der Waals surface area contributed by atoms with E-state index in [9.17, 15) is 9.59 Å². The highest BCUT2D eigenvalue weighted by atomic mass is 16.2. The Bertz CT molecular complexity index is 1140. The summed E-state index contributed by atoms with van der Waals surface area (Å²) >= 11 is 0. The predicted octanol–water partition coefficient (Wildman–Crippen LogP) is 1.56. The molecule has 0 aliphatic carbocycles. The van der Waals surface area contributed by atoms with Crippen LogP contribution in [0.15, 0.2) is 72.2 Å². The second kappa shape index (κ2) is 7.78. The monoisotopic (exact) mass is 377 g/mol. The molecule has 4 aromatic rings. The van der Waals surface area contributed by atoms with E-state index >= 15 is 0 Å². The van der Waals surface area contributed by atoms with Crippen molar-refractivity contribution in [3.63, 3.8) is 0 Å². The van der Waals surface area contributed by atoms with Gasteiger partial charge in [-0.25, -0.2) is 19.3 Å². The lowest BCUT2D eigenvalue weighted by Crippen LogP contribution is -2.31. The van der Waals surface area contributed by atoms with Crippen molar-refractivity contribution in [2.24, 2.45) is 0 Å². The van der Waals surface area contributed by atoms with Crippen molar-refractivity contribution in [2.75, 3.05) is 11.9 Å². The molecule has 3 heterocycles. The SMILES string of the molecule is O=C(NCCn1ccnc1)Nc1cccc(Cn2nc3ccccn3c2=O)c1. The van der Waals surface area contributed by atoms with E-state index in [-0.39, 0.29) is 11.7 Å². The van der Waals surface area contributed by atoms with E-state index in [1.807, 2.05) is 35.0 Å². The zero-order valence-electron chi connectivity index (χ0n) is 15.0. The van der Waals surface area contributed by atoms with Crippen molar-refractivity contribution >= 4 is 17.4 Å². The fourth-order valence-corrected chi connectivity index (χ4v) is 2.88. The molecule has 0 atom stereocenters. The molecule has 0 saturated heterocycles. The molecule has 1 aromatic carbocycles. The lowest BCUT2D eigenvalue weighted by atomic mass is 10.2. The number of hydrogen-bond acceptors (Lipinski definition) is 4. The number of rotatable bonds is 6. The number of nitrogens with one attached hydrogen (secondary N) is 2. The number of fused-ring (bicyclic) bond motifs is 1. The zero-order chi connectivity index (χ0) is 19.3. The molecule has 0 fully saturated rings. The highest BCUT2D eigenvalue weighted by Gasteiger charge is 2.08. The number of carbonyl (C=O) groups is 1. The maximum Gasteiger partial charge on any atom is 0.350 e. The minimum atomic E-state index is -0.290. The van der Waals surface area contributed by atoms with Gasteiger partial charge in [-0.05, 0) is 29.8 Å². The highest BCUT2D eigenvalue weighted by molar-refractivity contribution is 5.89. The van der Waals surface area contributed by atoms with Gasteiger partial charge in [0.05, 0.1) is 12.9 Å². The number of amides is 2. The number of anilines is 1. The molecule has 0 radical (unpaired) electrons. The number of nitrogens with zero attached hydrogens (tertiary/aromatic N) is 5. The topological polar surface area (TPSA) is 98.2 Å². The zero-order valence-corrected chi connectivity index (χ0v) is 15.0. The van der Waals surface area contributed by atoms with E-state index in [0.29, 0.717) is 31.0 Å². The van der Waals surface area contributed by atoms with Crippen LogP contribution in [0.3, 0.4) is 0 Å². The maximum atomic E-state index is 12.4. The molecule has 0 spiro atoms. The first-order chi connectivity index (χ1) is 13.7. The first-order valence-corrected chi connectivity index (χ1v) is 8.83. The Morgan fingerprint density at radius 3 is 2.86 bits per heavy atom. The summed E-state index contributed by atoms with van der Waals surface area (Å²) in [5.41, 5.74) is 1.90. The van der Waals surface area contributed by atoms with Crippen LogP contribution in [0.5, 0.6) is 0 Å². The molecule has 2 amide bonds. The van der Waals surface area contributed by atoms with Gasteiger partial charge in [-0.2, -0.15) is 0 Å². The Balaban J connectivity index is 1.39. The van der Waals surface area contributed by atoms with Crippen LogP contribution in [-0.2, 0) is 13.1 Å². The van der Waals surface area contributed by atoms with Crippen LogP contribution < -0.4 is 16.3 Å². The van der Waals surface area contributed by atoms with E-state index < -0.39 is 0 Å². The average Bonchev–Trinajstić information content (AvgIpc) is 3.31. The third-order valence-corrected chi connectivity index (χ3v) is 4.22. The second-order valence-electron chi connectivity index (χ2n) is 6.25. The molecule has 0 aliphatic heterocycles. The average molecular weight is 377 g/mol. The Morgan fingerprint density at radius 1 is 1.11 bits per heavy atom. The minimum Gasteiger partial charge on any atom is -0.336 e. The Kier molecular flexibility index (Phi) is 4.87. The van der Waals surface area contributed by atoms with Gasteiger partial charge in [0.25, 0.3) is 0 Å². The van der Waals surface area contributed by atoms with E-state index in [1.54, 1.807) is 36.9 Å². The number of urea groups is 1. The fraction of sp³-hybridized carbons (Fsp3) is 0.158. The molecule has 142 valence electrons. The normalized spacial score (nSPS) is 10.9. The molecule has 3 aromatic heterocycles. The fourth-order valence-electron chi connectivity index (χ4n) is 2.88. The van der Waals surface area contributed by atoms with Gasteiger partial charge in [0.15, 0.2) is 5.65 Å². The van der Waals surface area contributed by atoms with E-state index in [4.69, 9.17) is 0 Å². The van der Waals surface area contributed by atoms with Gasteiger partial charge in [-0.3, -0.25) is 4.40 Å². The third kappa shape index (κ3) is 3.93. The van der Waals surface area contributed by atoms with Gasteiger partial charge >= 0.3 is 11.7 Å². The summed E-state index contributed by atoms with van der Waals surface area (Å²) in [6.45, 7) is 1.45. The van der Waals surface area contributed by atoms with Crippen LogP contribution in [-0.4, -0.2) is 36.3 Å². The Morgan fingerprint density at radius 2 is 2.04 bits per heavy atom. The molecule has 0 unspecified atom stereocenters. The summed E-state index contributed by atoms with van der Waals surface area (Å²) in [5, 5.41) is 9.92. The molecule has 9 heteroatoms. The van der Waals surface area contributed by atoms with Crippen molar-refractivity contribution in [2.45, 2.75) is 13.1 Å². The minimum absolute atomic E-state index is 0.203. The first-order valence-electron chi connectivity index (χ1n) is 8.83. The van der Waals surface area contributed by atoms with Gasteiger partial charge in [-0.15, -0.1) is 5.10 Å². The van der Waals surface area contributed by atoms with Gasteiger partial charge in [0.1, 0.15) is 0 Å². The molecule has 9 nitrogen and oxygen atoms in total.